The molecule has 2 rings (SSSR count). The summed E-state index contributed by atoms with van der Waals surface area (Å²) in [5.74, 6) is 0.0195. The van der Waals surface area contributed by atoms with Gasteiger partial charge < -0.3 is 9.14 Å². The van der Waals surface area contributed by atoms with E-state index in [-0.39, 0.29) is 5.82 Å². The Bertz CT molecular complexity index is 606. The molecule has 0 aliphatic heterocycles. The van der Waals surface area contributed by atoms with E-state index in [0.29, 0.717) is 17.8 Å². The molecule has 0 fully saturated rings. The zero-order chi connectivity index (χ0) is 15.6. The predicted molar refractivity (Wildman–Crippen MR) is 84.6 cm³/mol. The van der Waals surface area contributed by atoms with Crippen molar-refractivity contribution in [2.24, 2.45) is 0 Å². The van der Waals surface area contributed by atoms with Crippen molar-refractivity contribution in [1.82, 2.24) is 9.30 Å². The van der Waals surface area contributed by atoms with Crippen LogP contribution in [0, 0.1) is 5.82 Å². The topological polar surface area (TPSA) is 16.9 Å². The Labute approximate surface area is 126 Å². The summed E-state index contributed by atoms with van der Waals surface area (Å²) in [7, 11) is 1.52. The maximum absolute atomic E-state index is 13.9. The standard InChI is InChI=1S/C17H25FN2O/c1-6-20(12(2)3)13(4)11-14-7-9-19-10-8-15(18)17(21-5)16(14)19/h7-10,12-13H,6,11H2,1-5H3. The molecule has 0 aliphatic rings. The van der Waals surface area contributed by atoms with Crippen molar-refractivity contribution in [3.05, 3.63) is 35.9 Å². The Hall–Kier alpha value is -1.55. The smallest absolute Gasteiger partial charge is 0.178 e. The fourth-order valence-electron chi connectivity index (χ4n) is 3.19. The van der Waals surface area contributed by atoms with Crippen LogP contribution >= 0.6 is 0 Å². The van der Waals surface area contributed by atoms with Gasteiger partial charge in [-0.3, -0.25) is 4.90 Å². The van der Waals surface area contributed by atoms with Gasteiger partial charge in [-0.1, -0.05) is 6.92 Å². The molecule has 0 saturated carbocycles. The van der Waals surface area contributed by atoms with E-state index in [1.54, 1.807) is 6.20 Å². The fraction of sp³-hybridized carbons (Fsp3) is 0.529. The third kappa shape index (κ3) is 3.05. The van der Waals surface area contributed by atoms with Gasteiger partial charge in [0.25, 0.3) is 0 Å². The highest BCUT2D eigenvalue weighted by Crippen LogP contribution is 2.28. The molecule has 1 unspecified atom stereocenters. The number of aromatic nitrogens is 1. The first kappa shape index (κ1) is 15.8. The van der Waals surface area contributed by atoms with Gasteiger partial charge in [0.05, 0.1) is 12.6 Å². The molecule has 2 aromatic heterocycles. The lowest BCUT2D eigenvalue weighted by molar-refractivity contribution is 0.173. The molecule has 0 aromatic carbocycles. The number of ether oxygens (including phenoxy) is 1. The van der Waals surface area contributed by atoms with E-state index in [9.17, 15) is 4.39 Å². The average Bonchev–Trinajstić information content (AvgIpc) is 2.82. The maximum atomic E-state index is 13.9. The van der Waals surface area contributed by atoms with Crippen LogP contribution in [0.25, 0.3) is 5.52 Å². The Morgan fingerprint density at radius 3 is 2.48 bits per heavy atom. The van der Waals surface area contributed by atoms with Crippen LogP contribution < -0.4 is 4.74 Å². The summed E-state index contributed by atoms with van der Waals surface area (Å²) in [6.07, 6.45) is 4.58. The average molecular weight is 292 g/mol. The molecule has 116 valence electrons. The Balaban J connectivity index is 2.37. The van der Waals surface area contributed by atoms with Crippen molar-refractivity contribution in [3.8, 4) is 5.75 Å². The zero-order valence-electron chi connectivity index (χ0n) is 13.6. The Morgan fingerprint density at radius 1 is 1.24 bits per heavy atom. The summed E-state index contributed by atoms with van der Waals surface area (Å²) in [6.45, 7) is 9.82. The number of rotatable bonds is 6. The molecule has 0 amide bonds. The summed E-state index contributed by atoms with van der Waals surface area (Å²) in [6, 6.07) is 4.39. The minimum Gasteiger partial charge on any atom is -0.492 e. The van der Waals surface area contributed by atoms with Crippen LogP contribution in [0.1, 0.15) is 33.3 Å². The fourth-order valence-corrected chi connectivity index (χ4v) is 3.19. The van der Waals surface area contributed by atoms with Crippen molar-refractivity contribution in [3.63, 3.8) is 0 Å². The van der Waals surface area contributed by atoms with Crippen molar-refractivity contribution < 1.29 is 9.13 Å². The number of nitrogens with zero attached hydrogens (tertiary/aromatic N) is 2. The second-order valence-corrected chi connectivity index (χ2v) is 5.77. The summed E-state index contributed by atoms with van der Waals surface area (Å²) < 4.78 is 21.1. The van der Waals surface area contributed by atoms with Gasteiger partial charge in [0.15, 0.2) is 11.6 Å². The van der Waals surface area contributed by atoms with Gasteiger partial charge in [0.2, 0.25) is 0 Å². The van der Waals surface area contributed by atoms with Crippen molar-refractivity contribution >= 4 is 5.52 Å². The van der Waals surface area contributed by atoms with Crippen LogP contribution in [-0.2, 0) is 6.42 Å². The van der Waals surface area contributed by atoms with Crippen molar-refractivity contribution in [1.29, 1.82) is 0 Å². The van der Waals surface area contributed by atoms with Gasteiger partial charge >= 0.3 is 0 Å². The predicted octanol–water partition coefficient (Wildman–Crippen LogP) is 3.75. The molecule has 3 nitrogen and oxygen atoms in total. The molecular weight excluding hydrogens is 267 g/mol. The molecule has 21 heavy (non-hydrogen) atoms. The van der Waals surface area contributed by atoms with Gasteiger partial charge in [0.1, 0.15) is 0 Å². The van der Waals surface area contributed by atoms with Gasteiger partial charge in [-0.05, 0) is 51.4 Å². The Morgan fingerprint density at radius 2 is 1.90 bits per heavy atom. The number of pyridine rings is 1. The molecule has 0 radical (unpaired) electrons. The second-order valence-electron chi connectivity index (χ2n) is 5.77. The highest BCUT2D eigenvalue weighted by Gasteiger charge is 2.19. The molecule has 0 aliphatic carbocycles. The zero-order valence-corrected chi connectivity index (χ0v) is 13.6. The number of halogens is 1. The molecule has 2 aromatic rings. The van der Waals surface area contributed by atoms with Crippen LogP contribution in [0.5, 0.6) is 5.75 Å². The molecule has 0 bridgehead atoms. The largest absolute Gasteiger partial charge is 0.492 e. The van der Waals surface area contributed by atoms with E-state index >= 15 is 0 Å². The lowest BCUT2D eigenvalue weighted by Crippen LogP contribution is -2.39. The molecule has 0 saturated heterocycles. The van der Waals surface area contributed by atoms with E-state index < -0.39 is 0 Å². The minimum absolute atomic E-state index is 0.311. The SMILES string of the molecule is CCN(C(C)C)C(C)Cc1ccn2ccc(F)c(OC)c12. The molecule has 1 atom stereocenters. The first-order valence-electron chi connectivity index (χ1n) is 7.57. The van der Waals surface area contributed by atoms with E-state index in [0.717, 1.165) is 24.0 Å². The van der Waals surface area contributed by atoms with Gasteiger partial charge in [-0.25, -0.2) is 4.39 Å². The number of fused-ring (bicyclic) bond motifs is 1. The first-order chi connectivity index (χ1) is 9.99. The van der Waals surface area contributed by atoms with E-state index in [1.165, 1.54) is 13.2 Å². The van der Waals surface area contributed by atoms with Gasteiger partial charge in [-0.2, -0.15) is 0 Å². The van der Waals surface area contributed by atoms with Crippen LogP contribution in [0.3, 0.4) is 0 Å². The van der Waals surface area contributed by atoms with E-state index in [1.807, 2.05) is 10.6 Å². The van der Waals surface area contributed by atoms with Crippen molar-refractivity contribution in [2.45, 2.75) is 46.2 Å². The third-order valence-corrected chi connectivity index (χ3v) is 4.13. The van der Waals surface area contributed by atoms with Crippen LogP contribution in [-0.4, -0.2) is 35.0 Å². The summed E-state index contributed by atoms with van der Waals surface area (Å²) in [5.41, 5.74) is 1.96. The van der Waals surface area contributed by atoms with E-state index in [4.69, 9.17) is 4.74 Å². The maximum Gasteiger partial charge on any atom is 0.178 e. The highest BCUT2D eigenvalue weighted by atomic mass is 19.1. The number of methoxy groups -OCH3 is 1. The molecule has 4 heteroatoms. The highest BCUT2D eigenvalue weighted by molar-refractivity contribution is 5.67. The molecule has 0 spiro atoms. The van der Waals surface area contributed by atoms with Crippen LogP contribution in [0.2, 0.25) is 0 Å². The lowest BCUT2D eigenvalue weighted by Gasteiger charge is -2.31. The number of hydrogen-bond acceptors (Lipinski definition) is 2. The monoisotopic (exact) mass is 292 g/mol. The quantitative estimate of drug-likeness (QED) is 0.806. The normalized spacial score (nSPS) is 13.3. The van der Waals surface area contributed by atoms with Crippen LogP contribution in [0.15, 0.2) is 24.5 Å². The number of likely N-dealkylation sites (N-methyl/N-ethyl adjacent to an activating group) is 1. The minimum atomic E-state index is -0.311. The Kier molecular flexibility index (Phi) is 4.88. The van der Waals surface area contributed by atoms with Crippen LogP contribution in [0.4, 0.5) is 4.39 Å². The molecule has 0 N–H and O–H groups in total. The third-order valence-electron chi connectivity index (χ3n) is 4.13. The van der Waals surface area contributed by atoms with Gasteiger partial charge in [0, 0.05) is 24.5 Å². The summed E-state index contributed by atoms with van der Waals surface area (Å²) in [5, 5.41) is 0. The van der Waals surface area contributed by atoms with E-state index in [2.05, 4.69) is 38.7 Å². The summed E-state index contributed by atoms with van der Waals surface area (Å²) >= 11 is 0. The summed E-state index contributed by atoms with van der Waals surface area (Å²) in [4.78, 5) is 2.44. The number of hydrogen-bond donors (Lipinski definition) is 0. The lowest BCUT2D eigenvalue weighted by atomic mass is 10.1. The second kappa shape index (κ2) is 6.48. The molecular formula is C17H25FN2O. The van der Waals surface area contributed by atoms with Gasteiger partial charge in [-0.15, -0.1) is 0 Å². The van der Waals surface area contributed by atoms with Crippen molar-refractivity contribution in [2.75, 3.05) is 13.7 Å². The first-order valence-corrected chi connectivity index (χ1v) is 7.57. The molecule has 2 heterocycles.